The molecule has 0 radical (unpaired) electrons. The Morgan fingerprint density at radius 1 is 1.14 bits per heavy atom. The van der Waals surface area contributed by atoms with Gasteiger partial charge < -0.3 is 15.4 Å². The van der Waals surface area contributed by atoms with Crippen LogP contribution in [0.5, 0.6) is 0 Å². The number of sulfonamides is 1. The average molecular weight is 425 g/mol. The molecule has 3 N–H and O–H groups in total. The zero-order chi connectivity index (χ0) is 21.2. The maximum atomic E-state index is 12.2. The van der Waals surface area contributed by atoms with Gasteiger partial charge in [0.05, 0.1) is 18.0 Å². The summed E-state index contributed by atoms with van der Waals surface area (Å²) in [6, 6.07) is 6.85. The van der Waals surface area contributed by atoms with Gasteiger partial charge in [0.15, 0.2) is 5.96 Å². The van der Waals surface area contributed by atoms with Gasteiger partial charge in [0.2, 0.25) is 10.0 Å². The highest BCUT2D eigenvalue weighted by Gasteiger charge is 2.31. The van der Waals surface area contributed by atoms with Crippen molar-refractivity contribution >= 4 is 16.0 Å². The lowest BCUT2D eigenvalue weighted by atomic mass is 9.83. The normalized spacial score (nSPS) is 16.7. The van der Waals surface area contributed by atoms with E-state index in [0.717, 1.165) is 24.6 Å². The van der Waals surface area contributed by atoms with Gasteiger partial charge in [-0.2, -0.15) is 0 Å². The highest BCUT2D eigenvalue weighted by atomic mass is 32.2. The van der Waals surface area contributed by atoms with E-state index in [4.69, 9.17) is 4.74 Å². The third-order valence-corrected chi connectivity index (χ3v) is 7.12. The number of nitrogens with zero attached hydrogens (tertiary/aromatic N) is 1. The van der Waals surface area contributed by atoms with Gasteiger partial charge in [-0.3, -0.25) is 0 Å². The minimum atomic E-state index is -3.51. The molecule has 0 bridgehead atoms. The van der Waals surface area contributed by atoms with E-state index in [9.17, 15) is 8.42 Å². The number of hydrogen-bond acceptors (Lipinski definition) is 4. The van der Waals surface area contributed by atoms with Gasteiger partial charge in [-0.05, 0) is 49.3 Å². The minimum Gasteiger partial charge on any atom is -0.383 e. The summed E-state index contributed by atoms with van der Waals surface area (Å²) in [6.45, 7) is 7.16. The number of hydrogen-bond donors (Lipinski definition) is 3. The fourth-order valence-electron chi connectivity index (χ4n) is 3.70. The van der Waals surface area contributed by atoms with Crippen LogP contribution in [-0.2, 0) is 21.3 Å². The smallest absolute Gasteiger partial charge is 0.240 e. The summed E-state index contributed by atoms with van der Waals surface area (Å²) in [5.74, 6) is 0.810. The Bertz CT molecular complexity index is 742. The molecule has 164 valence electrons. The highest BCUT2D eigenvalue weighted by molar-refractivity contribution is 7.89. The SMILES string of the molecule is CCNC(=NCc1ccc(S(=O)(=O)NCCOC)cc1)NCC1(CC)CCCC1. The van der Waals surface area contributed by atoms with Crippen molar-refractivity contribution in [3.63, 3.8) is 0 Å². The second-order valence-corrected chi connectivity index (χ2v) is 9.41. The number of aliphatic imine (C=N–C) groups is 1. The average Bonchev–Trinajstić information content (AvgIpc) is 3.20. The molecule has 0 heterocycles. The zero-order valence-corrected chi connectivity index (χ0v) is 18.8. The Morgan fingerprint density at radius 2 is 1.83 bits per heavy atom. The van der Waals surface area contributed by atoms with Gasteiger partial charge in [0, 0.05) is 26.7 Å². The van der Waals surface area contributed by atoms with E-state index in [1.807, 2.05) is 12.1 Å². The molecule has 7 nitrogen and oxygen atoms in total. The van der Waals surface area contributed by atoms with Crippen molar-refractivity contribution in [3.8, 4) is 0 Å². The monoisotopic (exact) mass is 424 g/mol. The summed E-state index contributed by atoms with van der Waals surface area (Å²) < 4.78 is 31.8. The molecule has 0 aromatic heterocycles. The first-order chi connectivity index (χ1) is 13.9. The third kappa shape index (κ3) is 7.28. The second-order valence-electron chi connectivity index (χ2n) is 7.64. The lowest BCUT2D eigenvalue weighted by Gasteiger charge is -2.28. The molecule has 1 saturated carbocycles. The maximum Gasteiger partial charge on any atom is 0.240 e. The predicted octanol–water partition coefficient (Wildman–Crippen LogP) is 2.64. The molecule has 1 aromatic rings. The van der Waals surface area contributed by atoms with Crippen molar-refractivity contribution in [2.45, 2.75) is 57.4 Å². The maximum absolute atomic E-state index is 12.2. The predicted molar refractivity (Wildman–Crippen MR) is 118 cm³/mol. The molecule has 0 unspecified atom stereocenters. The molecule has 0 amide bonds. The Hall–Kier alpha value is -1.64. The van der Waals surface area contributed by atoms with Gasteiger partial charge in [0.1, 0.15) is 0 Å². The number of ether oxygens (including phenoxy) is 1. The summed E-state index contributed by atoms with van der Waals surface area (Å²) in [4.78, 5) is 4.92. The van der Waals surface area contributed by atoms with E-state index in [-0.39, 0.29) is 11.4 Å². The fourth-order valence-corrected chi connectivity index (χ4v) is 4.71. The quantitative estimate of drug-likeness (QED) is 0.289. The Kier molecular flexibility index (Phi) is 9.39. The summed E-state index contributed by atoms with van der Waals surface area (Å²) in [7, 11) is -1.97. The van der Waals surface area contributed by atoms with Crippen LogP contribution < -0.4 is 15.4 Å². The number of methoxy groups -OCH3 is 1. The fraction of sp³-hybridized carbons (Fsp3) is 0.667. The summed E-state index contributed by atoms with van der Waals surface area (Å²) in [6.07, 6.45) is 6.39. The molecular weight excluding hydrogens is 388 g/mol. The Labute approximate surface area is 175 Å². The minimum absolute atomic E-state index is 0.248. The molecule has 29 heavy (non-hydrogen) atoms. The second kappa shape index (κ2) is 11.5. The van der Waals surface area contributed by atoms with Gasteiger partial charge in [-0.15, -0.1) is 0 Å². The Balaban J connectivity index is 1.96. The van der Waals surface area contributed by atoms with Crippen LogP contribution in [0.2, 0.25) is 0 Å². The zero-order valence-electron chi connectivity index (χ0n) is 18.0. The molecule has 2 rings (SSSR count). The summed E-state index contributed by atoms with van der Waals surface area (Å²) >= 11 is 0. The molecule has 1 aliphatic rings. The van der Waals surface area contributed by atoms with E-state index in [0.29, 0.717) is 18.6 Å². The van der Waals surface area contributed by atoms with Gasteiger partial charge in [-0.1, -0.05) is 31.9 Å². The number of guanidine groups is 1. The molecule has 0 aliphatic heterocycles. The molecule has 0 spiro atoms. The summed E-state index contributed by atoms with van der Waals surface area (Å²) in [5, 5.41) is 6.81. The number of nitrogens with one attached hydrogen (secondary N) is 3. The topological polar surface area (TPSA) is 91.8 Å². The van der Waals surface area contributed by atoms with E-state index in [1.54, 1.807) is 12.1 Å². The van der Waals surface area contributed by atoms with Crippen LogP contribution in [0, 0.1) is 5.41 Å². The van der Waals surface area contributed by atoms with Crippen molar-refractivity contribution in [1.82, 2.24) is 15.4 Å². The molecule has 1 aliphatic carbocycles. The van der Waals surface area contributed by atoms with Crippen molar-refractivity contribution in [1.29, 1.82) is 0 Å². The molecule has 0 saturated heterocycles. The van der Waals surface area contributed by atoms with E-state index in [2.05, 4.69) is 34.2 Å². The van der Waals surface area contributed by atoms with Gasteiger partial charge in [-0.25, -0.2) is 18.1 Å². The van der Waals surface area contributed by atoms with Crippen LogP contribution in [0.3, 0.4) is 0 Å². The van der Waals surface area contributed by atoms with Crippen molar-refractivity contribution < 1.29 is 13.2 Å². The number of benzene rings is 1. The lowest BCUT2D eigenvalue weighted by molar-refractivity contribution is 0.204. The summed E-state index contributed by atoms with van der Waals surface area (Å²) in [5.41, 5.74) is 1.35. The van der Waals surface area contributed by atoms with Crippen molar-refractivity contribution in [2.75, 3.05) is 33.4 Å². The first-order valence-corrected chi connectivity index (χ1v) is 12.0. The molecule has 0 atom stereocenters. The van der Waals surface area contributed by atoms with Crippen molar-refractivity contribution in [2.24, 2.45) is 10.4 Å². The van der Waals surface area contributed by atoms with Gasteiger partial charge >= 0.3 is 0 Å². The van der Waals surface area contributed by atoms with Crippen LogP contribution in [-0.4, -0.2) is 47.7 Å². The van der Waals surface area contributed by atoms with Crippen LogP contribution in [0.25, 0.3) is 0 Å². The lowest BCUT2D eigenvalue weighted by Crippen LogP contribution is -2.42. The first kappa shape index (κ1) is 23.6. The molecule has 1 aromatic carbocycles. The van der Waals surface area contributed by atoms with E-state index in [1.165, 1.54) is 39.2 Å². The van der Waals surface area contributed by atoms with Crippen LogP contribution >= 0.6 is 0 Å². The molecule has 8 heteroatoms. The van der Waals surface area contributed by atoms with Crippen LogP contribution in [0.1, 0.15) is 51.5 Å². The first-order valence-electron chi connectivity index (χ1n) is 10.5. The van der Waals surface area contributed by atoms with Crippen molar-refractivity contribution in [3.05, 3.63) is 29.8 Å². The third-order valence-electron chi connectivity index (χ3n) is 5.64. The standard InChI is InChI=1S/C21H36N4O3S/c1-4-21(12-6-7-13-21)17-24-20(22-5-2)23-16-18-8-10-19(11-9-18)29(26,27)25-14-15-28-3/h8-11,25H,4-7,12-17H2,1-3H3,(H2,22,23,24). The molecular formula is C21H36N4O3S. The number of rotatable bonds is 11. The highest BCUT2D eigenvalue weighted by Crippen LogP contribution is 2.40. The van der Waals surface area contributed by atoms with Crippen LogP contribution in [0.4, 0.5) is 0 Å². The van der Waals surface area contributed by atoms with Gasteiger partial charge in [0.25, 0.3) is 0 Å². The Morgan fingerprint density at radius 3 is 2.41 bits per heavy atom. The molecule has 1 fully saturated rings. The van der Waals surface area contributed by atoms with Crippen LogP contribution in [0.15, 0.2) is 34.2 Å². The van der Waals surface area contributed by atoms with E-state index < -0.39 is 10.0 Å². The largest absolute Gasteiger partial charge is 0.383 e. The van der Waals surface area contributed by atoms with E-state index >= 15 is 0 Å².